The molecule has 0 aliphatic carbocycles. The standard InChI is InChI=1S/C5H12O.3ClH.Ti/c1-5(2)3-4-6;;;;/h5-6H,3-4H2,1-2H3;3*1H;/q;;;;+3/p-3. The summed E-state index contributed by atoms with van der Waals surface area (Å²) in [4.78, 5) is 0. The summed E-state index contributed by atoms with van der Waals surface area (Å²) in [6, 6.07) is 0. The summed E-state index contributed by atoms with van der Waals surface area (Å²) in [5.41, 5.74) is 0. The van der Waals surface area contributed by atoms with Gasteiger partial charge < -0.3 is 5.11 Å². The van der Waals surface area contributed by atoms with Crippen LogP contribution in [0.1, 0.15) is 20.3 Å². The molecule has 5 heteroatoms. The van der Waals surface area contributed by atoms with Crippen LogP contribution in [0, 0.1) is 5.92 Å². The molecular weight excluding hydrogens is 230 g/mol. The molecule has 0 saturated carbocycles. The van der Waals surface area contributed by atoms with Crippen LogP contribution in [0.3, 0.4) is 0 Å². The van der Waals surface area contributed by atoms with Gasteiger partial charge in [-0.15, -0.1) is 0 Å². The Balaban J connectivity index is 0. The number of aliphatic hydroxyl groups is 1. The zero-order valence-corrected chi connectivity index (χ0v) is 9.90. The normalized spacial score (nSPS) is 8.70. The van der Waals surface area contributed by atoms with E-state index in [0.717, 1.165) is 6.42 Å². The number of aliphatic hydroxyl groups excluding tert-OH is 1. The maximum absolute atomic E-state index is 8.24. The Labute approximate surface area is 80.1 Å². The Kier molecular flexibility index (Phi) is 14.9. The summed E-state index contributed by atoms with van der Waals surface area (Å²) < 4.78 is 0. The van der Waals surface area contributed by atoms with Crippen molar-refractivity contribution in [2.24, 2.45) is 5.92 Å². The monoisotopic (exact) mass is 241 g/mol. The second-order valence-corrected chi connectivity index (χ2v) is 9.86. The first-order chi connectivity index (χ1) is 4.50. The Bertz CT molecular complexity index is 58.1. The van der Waals surface area contributed by atoms with Crippen molar-refractivity contribution in [3.8, 4) is 0 Å². The van der Waals surface area contributed by atoms with Crippen LogP contribution in [0.15, 0.2) is 0 Å². The van der Waals surface area contributed by atoms with Gasteiger partial charge in [-0.1, -0.05) is 13.8 Å². The van der Waals surface area contributed by atoms with Gasteiger partial charge in [0.05, 0.1) is 0 Å². The molecule has 10 heavy (non-hydrogen) atoms. The Hall–Kier alpha value is 1.54. The fourth-order valence-electron chi connectivity index (χ4n) is 0.258. The van der Waals surface area contributed by atoms with E-state index in [9.17, 15) is 0 Å². The zero-order chi connectivity index (χ0) is 8.57. The van der Waals surface area contributed by atoms with Crippen LogP contribution in [0.4, 0.5) is 0 Å². The summed E-state index contributed by atoms with van der Waals surface area (Å²) >= 11 is -1.92. The van der Waals surface area contributed by atoms with E-state index in [1.807, 2.05) is 0 Å². The van der Waals surface area contributed by atoms with Gasteiger partial charge in [0.15, 0.2) is 0 Å². The molecule has 0 aromatic carbocycles. The summed E-state index contributed by atoms with van der Waals surface area (Å²) in [6.07, 6.45) is 0.931. The van der Waals surface area contributed by atoms with Crippen molar-refractivity contribution in [2.45, 2.75) is 20.3 Å². The fraction of sp³-hybridized carbons (Fsp3) is 1.00. The molecule has 0 saturated heterocycles. The Morgan fingerprint density at radius 3 is 1.60 bits per heavy atom. The van der Waals surface area contributed by atoms with E-state index in [4.69, 9.17) is 33.0 Å². The first kappa shape index (κ1) is 14.1. The van der Waals surface area contributed by atoms with Crippen molar-refractivity contribution in [3.05, 3.63) is 0 Å². The van der Waals surface area contributed by atoms with E-state index in [-0.39, 0.29) is 0 Å². The van der Waals surface area contributed by atoms with E-state index in [2.05, 4.69) is 13.8 Å². The molecule has 0 aromatic heterocycles. The van der Waals surface area contributed by atoms with Crippen LogP contribution >= 0.6 is 27.9 Å². The first-order valence-corrected chi connectivity index (χ1v) is 9.39. The van der Waals surface area contributed by atoms with E-state index >= 15 is 0 Å². The summed E-state index contributed by atoms with van der Waals surface area (Å²) in [5, 5.41) is 8.24. The molecule has 0 heterocycles. The van der Waals surface area contributed by atoms with Crippen molar-refractivity contribution >= 4 is 27.9 Å². The average molecular weight is 242 g/mol. The molecule has 0 aliphatic heterocycles. The number of rotatable bonds is 2. The van der Waals surface area contributed by atoms with Gasteiger partial charge in [-0.2, -0.15) is 0 Å². The first-order valence-electron chi connectivity index (χ1n) is 2.95. The molecule has 0 fully saturated rings. The molecule has 63 valence electrons. The Morgan fingerprint density at radius 1 is 1.30 bits per heavy atom. The summed E-state index contributed by atoms with van der Waals surface area (Å²) in [5.74, 6) is 0.648. The minimum atomic E-state index is -1.92. The second-order valence-electron chi connectivity index (χ2n) is 2.12. The maximum atomic E-state index is 8.24. The predicted octanol–water partition coefficient (Wildman–Crippen LogP) is 3.09. The van der Waals surface area contributed by atoms with Gasteiger partial charge in [-0.25, -0.2) is 0 Å². The topological polar surface area (TPSA) is 20.2 Å². The molecule has 0 aliphatic rings. The van der Waals surface area contributed by atoms with Crippen molar-refractivity contribution in [1.29, 1.82) is 0 Å². The van der Waals surface area contributed by atoms with Crippen molar-refractivity contribution in [2.75, 3.05) is 6.61 Å². The van der Waals surface area contributed by atoms with Crippen LogP contribution in [0.5, 0.6) is 0 Å². The van der Waals surface area contributed by atoms with Gasteiger partial charge >= 0.3 is 42.6 Å². The van der Waals surface area contributed by atoms with Crippen LogP contribution < -0.4 is 0 Å². The molecule has 0 radical (unpaired) electrons. The van der Waals surface area contributed by atoms with Gasteiger partial charge in [0.2, 0.25) is 0 Å². The molecule has 1 nitrogen and oxygen atoms in total. The minimum absolute atomic E-state index is 0.331. The zero-order valence-electron chi connectivity index (χ0n) is 6.07. The molecule has 0 spiro atoms. The van der Waals surface area contributed by atoms with Gasteiger partial charge in [0, 0.05) is 6.61 Å². The fourth-order valence-corrected chi connectivity index (χ4v) is 0.258. The third-order valence-electron chi connectivity index (χ3n) is 0.706. The SMILES string of the molecule is CC(C)CCO.[Cl][Ti]([Cl])[Cl]. The van der Waals surface area contributed by atoms with Crippen LogP contribution in [-0.4, -0.2) is 11.7 Å². The number of hydrogen-bond donors (Lipinski definition) is 1. The molecular formula is C5H12Cl3OTi. The second kappa shape index (κ2) is 10.5. The van der Waals surface area contributed by atoms with Gasteiger partial charge in [0.25, 0.3) is 0 Å². The Morgan fingerprint density at radius 2 is 1.60 bits per heavy atom. The molecule has 0 unspecified atom stereocenters. The van der Waals surface area contributed by atoms with E-state index in [1.54, 1.807) is 0 Å². The number of hydrogen-bond acceptors (Lipinski definition) is 1. The average Bonchev–Trinajstić information content (AvgIpc) is 1.62. The molecule has 0 atom stereocenters. The molecule has 0 rings (SSSR count). The van der Waals surface area contributed by atoms with Crippen molar-refractivity contribution < 1.29 is 19.8 Å². The van der Waals surface area contributed by atoms with Crippen molar-refractivity contribution in [1.82, 2.24) is 0 Å². The van der Waals surface area contributed by atoms with Crippen LogP contribution in [0.25, 0.3) is 0 Å². The van der Waals surface area contributed by atoms with Crippen molar-refractivity contribution in [3.63, 3.8) is 0 Å². The number of halogens is 3. The summed E-state index contributed by atoms with van der Waals surface area (Å²) in [7, 11) is 14.9. The quantitative estimate of drug-likeness (QED) is 0.738. The van der Waals surface area contributed by atoms with Crippen LogP contribution in [0.2, 0.25) is 0 Å². The van der Waals surface area contributed by atoms with E-state index in [0.29, 0.717) is 12.5 Å². The van der Waals surface area contributed by atoms with Gasteiger partial charge in [0.1, 0.15) is 0 Å². The third kappa shape index (κ3) is 33.7. The molecule has 0 bridgehead atoms. The third-order valence-corrected chi connectivity index (χ3v) is 0.706. The van der Waals surface area contributed by atoms with Gasteiger partial charge in [-0.3, -0.25) is 0 Å². The summed E-state index contributed by atoms with van der Waals surface area (Å²) in [6.45, 7) is 4.52. The van der Waals surface area contributed by atoms with Crippen LogP contribution in [-0.2, 0) is 14.7 Å². The van der Waals surface area contributed by atoms with E-state index in [1.165, 1.54) is 0 Å². The van der Waals surface area contributed by atoms with E-state index < -0.39 is 14.7 Å². The molecule has 0 aromatic rings. The van der Waals surface area contributed by atoms with Gasteiger partial charge in [-0.05, 0) is 12.3 Å². The predicted molar refractivity (Wildman–Crippen MR) is 44.1 cm³/mol. The molecule has 0 amide bonds. The molecule has 1 N–H and O–H groups in total.